The summed E-state index contributed by atoms with van der Waals surface area (Å²) < 4.78 is 6.49. The Balaban J connectivity index is 2.10. The van der Waals surface area contributed by atoms with E-state index < -0.39 is 0 Å². The third kappa shape index (κ3) is 1.70. The van der Waals surface area contributed by atoms with E-state index in [2.05, 4.69) is 20.5 Å². The molecular formula is C6H8N6O. The molecule has 2 aromatic heterocycles. The summed E-state index contributed by atoms with van der Waals surface area (Å²) in [4.78, 5) is 4.01. The van der Waals surface area contributed by atoms with E-state index >= 15 is 0 Å². The fourth-order valence-electron chi connectivity index (χ4n) is 0.893. The minimum absolute atomic E-state index is 0.279. The molecule has 0 saturated heterocycles. The fourth-order valence-corrected chi connectivity index (χ4v) is 0.893. The first-order valence-electron chi connectivity index (χ1n) is 3.74. The van der Waals surface area contributed by atoms with E-state index in [-0.39, 0.29) is 6.54 Å². The Bertz CT molecular complexity index is 366. The number of aromatic nitrogens is 5. The molecule has 0 aromatic carbocycles. The van der Waals surface area contributed by atoms with Crippen LogP contribution in [-0.2, 0) is 13.1 Å². The molecule has 0 amide bonds. The summed E-state index contributed by atoms with van der Waals surface area (Å²) in [7, 11) is 0. The third-order valence-corrected chi connectivity index (χ3v) is 1.46. The molecule has 0 atom stereocenters. The molecule has 0 aliphatic heterocycles. The molecule has 2 rings (SSSR count). The highest BCUT2D eigenvalue weighted by molar-refractivity contribution is 4.85. The quantitative estimate of drug-likeness (QED) is 0.662. The van der Waals surface area contributed by atoms with Crippen LogP contribution in [0.3, 0.4) is 0 Å². The van der Waals surface area contributed by atoms with Crippen LogP contribution in [-0.4, -0.2) is 25.1 Å². The predicted molar refractivity (Wildman–Crippen MR) is 41.3 cm³/mol. The molecule has 2 aromatic rings. The zero-order chi connectivity index (χ0) is 9.10. The lowest BCUT2D eigenvalue weighted by atomic mass is 10.6. The van der Waals surface area contributed by atoms with Crippen LogP contribution in [0.2, 0.25) is 0 Å². The van der Waals surface area contributed by atoms with Crippen molar-refractivity contribution in [2.24, 2.45) is 5.73 Å². The smallest absolute Gasteiger partial charge is 0.248 e. The van der Waals surface area contributed by atoms with Crippen LogP contribution in [0.15, 0.2) is 16.9 Å². The maximum absolute atomic E-state index is 5.32. The molecule has 0 aliphatic rings. The minimum atomic E-state index is 0.279. The molecule has 7 nitrogen and oxygen atoms in total. The van der Waals surface area contributed by atoms with Gasteiger partial charge in [-0.2, -0.15) is 4.98 Å². The molecule has 0 spiro atoms. The van der Waals surface area contributed by atoms with Crippen molar-refractivity contribution < 1.29 is 4.52 Å². The zero-order valence-corrected chi connectivity index (χ0v) is 6.79. The molecule has 0 radical (unpaired) electrons. The zero-order valence-electron chi connectivity index (χ0n) is 6.79. The van der Waals surface area contributed by atoms with Crippen LogP contribution in [0.25, 0.3) is 0 Å². The Morgan fingerprint density at radius 1 is 1.54 bits per heavy atom. The summed E-state index contributed by atoms with van der Waals surface area (Å²) in [5, 5.41) is 11.0. The van der Waals surface area contributed by atoms with Gasteiger partial charge in [0.15, 0.2) is 5.82 Å². The van der Waals surface area contributed by atoms with Crippen LogP contribution in [0, 0.1) is 0 Å². The van der Waals surface area contributed by atoms with Crippen molar-refractivity contribution in [2.45, 2.75) is 13.1 Å². The molecule has 0 saturated carbocycles. The van der Waals surface area contributed by atoms with E-state index in [0.717, 1.165) is 0 Å². The van der Waals surface area contributed by atoms with E-state index in [1.165, 1.54) is 0 Å². The predicted octanol–water partition coefficient (Wildman–Crippen LogP) is -0.832. The second kappa shape index (κ2) is 3.31. The molecular weight excluding hydrogens is 172 g/mol. The Kier molecular flexibility index (Phi) is 2.01. The Labute approximate surface area is 73.5 Å². The highest BCUT2D eigenvalue weighted by Crippen LogP contribution is 1.98. The second-order valence-corrected chi connectivity index (χ2v) is 2.41. The molecule has 0 bridgehead atoms. The summed E-state index contributed by atoms with van der Waals surface area (Å²) >= 11 is 0. The molecule has 2 N–H and O–H groups in total. The SMILES string of the molecule is NCc1noc(Cn2ccnn2)n1. The van der Waals surface area contributed by atoms with E-state index in [4.69, 9.17) is 10.3 Å². The molecule has 68 valence electrons. The van der Waals surface area contributed by atoms with Crippen molar-refractivity contribution in [3.8, 4) is 0 Å². The maximum atomic E-state index is 5.32. The molecule has 0 unspecified atom stereocenters. The summed E-state index contributed by atoms with van der Waals surface area (Å²) in [6.45, 7) is 0.702. The van der Waals surface area contributed by atoms with Crippen LogP contribution >= 0.6 is 0 Å². The standard InChI is InChI=1S/C6H8N6O/c7-3-5-9-6(13-10-5)4-12-2-1-8-11-12/h1-2H,3-4,7H2. The largest absolute Gasteiger partial charge is 0.337 e. The normalized spacial score (nSPS) is 10.5. The summed E-state index contributed by atoms with van der Waals surface area (Å²) in [5.74, 6) is 0.973. The third-order valence-electron chi connectivity index (χ3n) is 1.46. The summed E-state index contributed by atoms with van der Waals surface area (Å²) in [5.41, 5.74) is 5.32. The molecule has 0 aliphatic carbocycles. The van der Waals surface area contributed by atoms with E-state index in [1.807, 2.05) is 0 Å². The van der Waals surface area contributed by atoms with Gasteiger partial charge in [0.05, 0.1) is 12.7 Å². The monoisotopic (exact) mass is 180 g/mol. The van der Waals surface area contributed by atoms with Crippen molar-refractivity contribution in [2.75, 3.05) is 0 Å². The number of hydrogen-bond donors (Lipinski definition) is 1. The van der Waals surface area contributed by atoms with Crippen LogP contribution in [0.1, 0.15) is 11.7 Å². The van der Waals surface area contributed by atoms with Gasteiger partial charge in [-0.15, -0.1) is 5.10 Å². The van der Waals surface area contributed by atoms with Crippen molar-refractivity contribution in [3.05, 3.63) is 24.1 Å². The van der Waals surface area contributed by atoms with E-state index in [0.29, 0.717) is 18.3 Å². The van der Waals surface area contributed by atoms with Gasteiger partial charge in [0.2, 0.25) is 5.89 Å². The number of nitrogens with zero attached hydrogens (tertiary/aromatic N) is 5. The van der Waals surface area contributed by atoms with Crippen molar-refractivity contribution >= 4 is 0 Å². The number of rotatable bonds is 3. The van der Waals surface area contributed by atoms with Crippen molar-refractivity contribution in [1.29, 1.82) is 0 Å². The number of hydrogen-bond acceptors (Lipinski definition) is 6. The molecule has 2 heterocycles. The number of nitrogens with two attached hydrogens (primary N) is 1. The van der Waals surface area contributed by atoms with E-state index in [1.54, 1.807) is 17.1 Å². The van der Waals surface area contributed by atoms with Crippen LogP contribution in [0.5, 0.6) is 0 Å². The lowest BCUT2D eigenvalue weighted by Gasteiger charge is -1.91. The van der Waals surface area contributed by atoms with Crippen LogP contribution in [0.4, 0.5) is 0 Å². The Morgan fingerprint density at radius 2 is 2.46 bits per heavy atom. The van der Waals surface area contributed by atoms with Gasteiger partial charge in [-0.25, -0.2) is 4.68 Å². The van der Waals surface area contributed by atoms with Gasteiger partial charge < -0.3 is 10.3 Å². The summed E-state index contributed by atoms with van der Waals surface area (Å²) in [6.07, 6.45) is 3.30. The molecule has 0 fully saturated rings. The average Bonchev–Trinajstić information content (AvgIpc) is 2.76. The lowest BCUT2D eigenvalue weighted by molar-refractivity contribution is 0.360. The second-order valence-electron chi connectivity index (χ2n) is 2.41. The topological polar surface area (TPSA) is 95.7 Å². The van der Waals surface area contributed by atoms with E-state index in [9.17, 15) is 0 Å². The molecule has 7 heteroatoms. The summed E-state index contributed by atoms with van der Waals surface area (Å²) in [6, 6.07) is 0. The van der Waals surface area contributed by atoms with Gasteiger partial charge in [0.1, 0.15) is 6.54 Å². The van der Waals surface area contributed by atoms with Gasteiger partial charge in [0, 0.05) is 6.20 Å². The average molecular weight is 180 g/mol. The van der Waals surface area contributed by atoms with Gasteiger partial charge in [-0.1, -0.05) is 10.4 Å². The van der Waals surface area contributed by atoms with Gasteiger partial charge in [-0.05, 0) is 0 Å². The fraction of sp³-hybridized carbons (Fsp3) is 0.333. The molecule has 13 heavy (non-hydrogen) atoms. The van der Waals surface area contributed by atoms with Gasteiger partial charge in [0.25, 0.3) is 0 Å². The first kappa shape index (κ1) is 7.87. The lowest BCUT2D eigenvalue weighted by Crippen LogP contribution is -2.02. The first-order valence-corrected chi connectivity index (χ1v) is 3.74. The maximum Gasteiger partial charge on any atom is 0.248 e. The Hall–Kier alpha value is -1.76. The minimum Gasteiger partial charge on any atom is -0.337 e. The first-order chi connectivity index (χ1) is 6.38. The Morgan fingerprint density at radius 3 is 3.08 bits per heavy atom. The van der Waals surface area contributed by atoms with Crippen molar-refractivity contribution in [1.82, 2.24) is 25.1 Å². The van der Waals surface area contributed by atoms with Gasteiger partial charge in [-0.3, -0.25) is 0 Å². The van der Waals surface area contributed by atoms with Gasteiger partial charge >= 0.3 is 0 Å². The van der Waals surface area contributed by atoms with Crippen LogP contribution < -0.4 is 5.73 Å². The highest BCUT2D eigenvalue weighted by atomic mass is 16.5. The highest BCUT2D eigenvalue weighted by Gasteiger charge is 2.04. The van der Waals surface area contributed by atoms with Crippen molar-refractivity contribution in [3.63, 3.8) is 0 Å².